The van der Waals surface area contributed by atoms with Crippen LogP contribution in [-0.2, 0) is 9.53 Å². The fourth-order valence-electron chi connectivity index (χ4n) is 1.19. The van der Waals surface area contributed by atoms with Gasteiger partial charge in [0.1, 0.15) is 5.78 Å². The summed E-state index contributed by atoms with van der Waals surface area (Å²) in [6.07, 6.45) is 2.62. The normalized spacial score (nSPS) is 13.2. The Balaban J connectivity index is 3.31. The number of rotatable bonds is 8. The first-order valence-corrected chi connectivity index (χ1v) is 5.68. The fraction of sp³-hybridized carbons (Fsp3) is 0.917. The summed E-state index contributed by atoms with van der Waals surface area (Å²) in [4.78, 5) is 11.2. The standard InChI is InChI=1S/C12H24O2/c1-5-12(13)11(4)7-9-14-8-6-10(2)3/h10-11H,5-9H2,1-4H3. The molecule has 0 bridgehead atoms. The van der Waals surface area contributed by atoms with Gasteiger partial charge in [-0.25, -0.2) is 0 Å². The van der Waals surface area contributed by atoms with E-state index in [0.29, 0.717) is 18.1 Å². The van der Waals surface area contributed by atoms with Crippen LogP contribution in [0.1, 0.15) is 47.0 Å². The van der Waals surface area contributed by atoms with Gasteiger partial charge >= 0.3 is 0 Å². The highest BCUT2D eigenvalue weighted by molar-refractivity contribution is 5.80. The van der Waals surface area contributed by atoms with Gasteiger partial charge in [-0.05, 0) is 18.8 Å². The topological polar surface area (TPSA) is 26.3 Å². The lowest BCUT2D eigenvalue weighted by Crippen LogP contribution is -2.12. The molecule has 0 amide bonds. The van der Waals surface area contributed by atoms with Crippen molar-refractivity contribution in [1.82, 2.24) is 0 Å². The first-order valence-electron chi connectivity index (χ1n) is 5.68. The SMILES string of the molecule is CCC(=O)C(C)CCOCCC(C)C. The highest BCUT2D eigenvalue weighted by Crippen LogP contribution is 2.06. The minimum atomic E-state index is 0.166. The Hall–Kier alpha value is -0.370. The highest BCUT2D eigenvalue weighted by Gasteiger charge is 2.09. The summed E-state index contributed by atoms with van der Waals surface area (Å²) in [6.45, 7) is 9.82. The molecule has 0 heterocycles. The van der Waals surface area contributed by atoms with E-state index in [1.807, 2.05) is 13.8 Å². The maximum Gasteiger partial charge on any atom is 0.135 e. The predicted molar refractivity (Wildman–Crippen MR) is 59.4 cm³/mol. The monoisotopic (exact) mass is 200 g/mol. The first-order chi connectivity index (χ1) is 6.57. The van der Waals surface area contributed by atoms with Crippen molar-refractivity contribution in [3.63, 3.8) is 0 Å². The van der Waals surface area contributed by atoms with E-state index >= 15 is 0 Å². The third kappa shape index (κ3) is 7.07. The molecule has 0 rings (SSSR count). The van der Waals surface area contributed by atoms with Crippen molar-refractivity contribution in [2.24, 2.45) is 11.8 Å². The van der Waals surface area contributed by atoms with Crippen molar-refractivity contribution in [1.29, 1.82) is 0 Å². The Morgan fingerprint density at radius 1 is 1.14 bits per heavy atom. The molecule has 0 saturated heterocycles. The molecule has 2 heteroatoms. The molecule has 0 saturated carbocycles. The van der Waals surface area contributed by atoms with Crippen LogP contribution in [0.25, 0.3) is 0 Å². The lowest BCUT2D eigenvalue weighted by atomic mass is 10.0. The van der Waals surface area contributed by atoms with Crippen LogP contribution in [0.15, 0.2) is 0 Å². The van der Waals surface area contributed by atoms with E-state index in [2.05, 4.69) is 13.8 Å². The van der Waals surface area contributed by atoms with Crippen LogP contribution in [0.2, 0.25) is 0 Å². The number of ketones is 1. The van der Waals surface area contributed by atoms with Gasteiger partial charge in [-0.15, -0.1) is 0 Å². The molecule has 0 aromatic carbocycles. The zero-order chi connectivity index (χ0) is 11.0. The van der Waals surface area contributed by atoms with Gasteiger partial charge in [-0.3, -0.25) is 4.79 Å². The molecular weight excluding hydrogens is 176 g/mol. The molecule has 0 aromatic heterocycles. The van der Waals surface area contributed by atoms with E-state index < -0.39 is 0 Å². The Labute approximate surface area is 88.0 Å². The first kappa shape index (κ1) is 13.6. The average Bonchev–Trinajstić information content (AvgIpc) is 2.15. The van der Waals surface area contributed by atoms with Gasteiger partial charge in [0, 0.05) is 25.6 Å². The zero-order valence-electron chi connectivity index (χ0n) is 10.0. The summed E-state index contributed by atoms with van der Waals surface area (Å²) in [7, 11) is 0. The number of Topliss-reactive ketones (excluding diaryl/α,β-unsaturated/α-hetero) is 1. The van der Waals surface area contributed by atoms with E-state index in [1.54, 1.807) is 0 Å². The second-order valence-corrected chi connectivity index (χ2v) is 4.30. The van der Waals surface area contributed by atoms with Gasteiger partial charge in [0.25, 0.3) is 0 Å². The Morgan fingerprint density at radius 2 is 1.71 bits per heavy atom. The molecule has 0 aliphatic rings. The van der Waals surface area contributed by atoms with Gasteiger partial charge in [0.2, 0.25) is 0 Å². The lowest BCUT2D eigenvalue weighted by molar-refractivity contribution is -0.122. The summed E-state index contributed by atoms with van der Waals surface area (Å²) in [5.74, 6) is 1.21. The van der Waals surface area contributed by atoms with E-state index in [1.165, 1.54) is 0 Å². The number of hydrogen-bond acceptors (Lipinski definition) is 2. The minimum Gasteiger partial charge on any atom is -0.381 e. The van der Waals surface area contributed by atoms with Crippen LogP contribution >= 0.6 is 0 Å². The van der Waals surface area contributed by atoms with Crippen molar-refractivity contribution < 1.29 is 9.53 Å². The minimum absolute atomic E-state index is 0.166. The van der Waals surface area contributed by atoms with Crippen LogP contribution < -0.4 is 0 Å². The van der Waals surface area contributed by atoms with Gasteiger partial charge in [-0.2, -0.15) is 0 Å². The molecule has 0 aromatic rings. The van der Waals surface area contributed by atoms with Gasteiger partial charge in [-0.1, -0.05) is 27.7 Å². The van der Waals surface area contributed by atoms with Crippen molar-refractivity contribution >= 4 is 5.78 Å². The summed E-state index contributed by atoms with van der Waals surface area (Å²) in [5.41, 5.74) is 0. The summed E-state index contributed by atoms with van der Waals surface area (Å²) >= 11 is 0. The molecular formula is C12H24O2. The predicted octanol–water partition coefficient (Wildman–Crippen LogP) is 3.05. The Bertz CT molecular complexity index is 152. The Morgan fingerprint density at radius 3 is 2.21 bits per heavy atom. The maximum absolute atomic E-state index is 11.2. The molecule has 0 spiro atoms. The van der Waals surface area contributed by atoms with Crippen LogP contribution in [0.5, 0.6) is 0 Å². The second-order valence-electron chi connectivity index (χ2n) is 4.30. The van der Waals surface area contributed by atoms with Crippen molar-refractivity contribution in [2.75, 3.05) is 13.2 Å². The van der Waals surface area contributed by atoms with E-state index in [0.717, 1.165) is 26.1 Å². The molecule has 2 nitrogen and oxygen atoms in total. The van der Waals surface area contributed by atoms with Crippen LogP contribution in [0.3, 0.4) is 0 Å². The molecule has 84 valence electrons. The van der Waals surface area contributed by atoms with Gasteiger partial charge in [0.05, 0.1) is 0 Å². The number of ether oxygens (including phenoxy) is 1. The average molecular weight is 200 g/mol. The van der Waals surface area contributed by atoms with Crippen molar-refractivity contribution in [3.05, 3.63) is 0 Å². The smallest absolute Gasteiger partial charge is 0.135 e. The molecule has 0 aliphatic carbocycles. The summed E-state index contributed by atoms with van der Waals surface area (Å²) in [5, 5.41) is 0. The quantitative estimate of drug-likeness (QED) is 0.563. The molecule has 14 heavy (non-hydrogen) atoms. The van der Waals surface area contributed by atoms with Crippen LogP contribution in [-0.4, -0.2) is 19.0 Å². The molecule has 1 unspecified atom stereocenters. The third-order valence-electron chi connectivity index (χ3n) is 2.43. The van der Waals surface area contributed by atoms with Crippen molar-refractivity contribution in [2.45, 2.75) is 47.0 Å². The molecule has 0 N–H and O–H groups in total. The van der Waals surface area contributed by atoms with Gasteiger partial charge < -0.3 is 4.74 Å². The van der Waals surface area contributed by atoms with Crippen LogP contribution in [0.4, 0.5) is 0 Å². The van der Waals surface area contributed by atoms with Gasteiger partial charge in [0.15, 0.2) is 0 Å². The number of carbonyl (C=O) groups excluding carboxylic acids is 1. The summed E-state index contributed by atoms with van der Waals surface area (Å²) < 4.78 is 5.46. The molecule has 0 aliphatic heterocycles. The number of carbonyl (C=O) groups is 1. The zero-order valence-corrected chi connectivity index (χ0v) is 10.0. The molecule has 1 atom stereocenters. The summed E-state index contributed by atoms with van der Waals surface area (Å²) in [6, 6.07) is 0. The van der Waals surface area contributed by atoms with Crippen LogP contribution in [0, 0.1) is 11.8 Å². The lowest BCUT2D eigenvalue weighted by Gasteiger charge is -2.10. The van der Waals surface area contributed by atoms with Crippen molar-refractivity contribution in [3.8, 4) is 0 Å². The largest absolute Gasteiger partial charge is 0.381 e. The number of hydrogen-bond donors (Lipinski definition) is 0. The van der Waals surface area contributed by atoms with E-state index in [-0.39, 0.29) is 5.92 Å². The highest BCUT2D eigenvalue weighted by atomic mass is 16.5. The van der Waals surface area contributed by atoms with E-state index in [4.69, 9.17) is 4.74 Å². The molecule has 0 fully saturated rings. The fourth-order valence-corrected chi connectivity index (χ4v) is 1.19. The third-order valence-corrected chi connectivity index (χ3v) is 2.43. The second kappa shape index (κ2) is 7.98. The van der Waals surface area contributed by atoms with E-state index in [9.17, 15) is 4.79 Å². The molecule has 0 radical (unpaired) electrons. The Kier molecular flexibility index (Phi) is 7.77. The maximum atomic E-state index is 11.2.